The number of phosphoric acid groups is 1. The van der Waals surface area contributed by atoms with Crippen molar-refractivity contribution in [2.75, 3.05) is 57.7 Å². The van der Waals surface area contributed by atoms with Gasteiger partial charge in [0.1, 0.15) is 0 Å². The molecule has 0 saturated heterocycles. The van der Waals surface area contributed by atoms with Crippen molar-refractivity contribution < 1.29 is 18.1 Å². The van der Waals surface area contributed by atoms with Gasteiger partial charge in [-0.2, -0.15) is 0 Å². The van der Waals surface area contributed by atoms with Gasteiger partial charge in [0.25, 0.3) is 0 Å². The van der Waals surface area contributed by atoms with Crippen LogP contribution in [-0.2, 0) is 18.1 Å². The van der Waals surface area contributed by atoms with E-state index in [-0.39, 0.29) is 36.0 Å². The molecule has 0 aliphatic carbocycles. The Morgan fingerprint density at radius 3 is 1.44 bits per heavy atom. The minimum atomic E-state index is -3.82. The first kappa shape index (κ1) is 30.6. The van der Waals surface area contributed by atoms with Crippen LogP contribution in [0.3, 0.4) is 0 Å². The van der Waals surface area contributed by atoms with Gasteiger partial charge in [-0.1, -0.05) is 95.6 Å². The molecule has 1 unspecified atom stereocenters. The molecule has 1 atom stereocenters. The van der Waals surface area contributed by atoms with Crippen molar-refractivity contribution in [3.63, 3.8) is 0 Å². The van der Waals surface area contributed by atoms with Crippen LogP contribution in [0, 0.1) is 10.8 Å². The normalized spacial score (nSPS) is 14.5. The molecule has 0 bridgehead atoms. The topological polar surface area (TPSA) is 44.8 Å². The van der Waals surface area contributed by atoms with E-state index >= 15 is 0 Å². The number of hydrogen-bond acceptors (Lipinski definition) is 4. The van der Waals surface area contributed by atoms with Crippen LogP contribution in [0.5, 0.6) is 0 Å². The monoisotopic (exact) mass is 830 g/mol. The van der Waals surface area contributed by atoms with Crippen molar-refractivity contribution in [2.24, 2.45) is 10.8 Å². The second-order valence-electron chi connectivity index (χ2n) is 6.17. The van der Waals surface area contributed by atoms with Crippen LogP contribution < -0.4 is 0 Å². The highest BCUT2D eigenvalue weighted by Gasteiger charge is 2.38. The van der Waals surface area contributed by atoms with Gasteiger partial charge in [-0.15, -0.1) is 23.2 Å². The van der Waals surface area contributed by atoms with Crippen molar-refractivity contribution in [3.05, 3.63) is 0 Å². The van der Waals surface area contributed by atoms with Gasteiger partial charge in [-0.05, 0) is 6.42 Å². The lowest BCUT2D eigenvalue weighted by Crippen LogP contribution is -2.34. The molecule has 0 aliphatic rings. The molecule has 0 radical (unpaired) electrons. The fourth-order valence-electron chi connectivity index (χ4n) is 1.36. The second-order valence-corrected chi connectivity index (χ2v) is 12.2. The van der Waals surface area contributed by atoms with Gasteiger partial charge in [0, 0.05) is 48.7 Å². The van der Waals surface area contributed by atoms with Gasteiger partial charge in [0.15, 0.2) is 0 Å². The highest BCUT2D eigenvalue weighted by Crippen LogP contribution is 2.52. The fourth-order valence-corrected chi connectivity index (χ4v) is 9.99. The molecule has 0 saturated carbocycles. The van der Waals surface area contributed by atoms with E-state index in [0.29, 0.717) is 44.3 Å². The molecule has 0 amide bonds. The summed E-state index contributed by atoms with van der Waals surface area (Å²) in [4.78, 5) is 0. The van der Waals surface area contributed by atoms with Gasteiger partial charge in [-0.25, -0.2) is 4.57 Å². The zero-order valence-electron chi connectivity index (χ0n) is 14.5. The summed E-state index contributed by atoms with van der Waals surface area (Å²) in [6.07, 6.45) is 0.533. The molecule has 164 valence electrons. The Balaban J connectivity index is 5.21. The molecule has 0 aliphatic heterocycles. The van der Waals surface area contributed by atoms with E-state index in [1.165, 1.54) is 0 Å². The molecule has 0 aromatic carbocycles. The van der Waals surface area contributed by atoms with Crippen molar-refractivity contribution in [1.82, 2.24) is 0 Å². The van der Waals surface area contributed by atoms with E-state index in [0.717, 1.165) is 0 Å². The highest BCUT2D eigenvalue weighted by atomic mass is 79.9. The highest BCUT2D eigenvalue weighted by molar-refractivity contribution is 9.10. The van der Waals surface area contributed by atoms with Crippen LogP contribution in [0.2, 0.25) is 0 Å². The predicted octanol–water partition coefficient (Wildman–Crippen LogP) is 7.72. The quantitative estimate of drug-likeness (QED) is 0.111. The van der Waals surface area contributed by atoms with Crippen LogP contribution in [0.25, 0.3) is 0 Å². The summed E-state index contributed by atoms with van der Waals surface area (Å²) < 4.78 is 30.2. The SMILES string of the molecule is O=P(OCC(Cl)CCCl)(OCC(CBr)(CBr)CBr)OCC(CBr)(CBr)CBr. The maximum atomic E-state index is 13.3. The van der Waals surface area contributed by atoms with E-state index in [1.54, 1.807) is 0 Å². The molecule has 0 aromatic rings. The molecule has 27 heavy (non-hydrogen) atoms. The largest absolute Gasteiger partial charge is 0.474 e. The molecule has 4 nitrogen and oxygen atoms in total. The molecule has 0 N–H and O–H groups in total. The summed E-state index contributed by atoms with van der Waals surface area (Å²) in [6.45, 7) is 0.385. The number of halogens is 8. The van der Waals surface area contributed by atoms with Crippen molar-refractivity contribution in [3.8, 4) is 0 Å². The van der Waals surface area contributed by atoms with Gasteiger partial charge in [0.2, 0.25) is 0 Å². The Kier molecular flexibility index (Phi) is 18.4. The third kappa shape index (κ3) is 11.3. The third-order valence-electron chi connectivity index (χ3n) is 3.59. The van der Waals surface area contributed by atoms with Crippen LogP contribution >= 0.6 is 127 Å². The molecular formula is C14H23Br6Cl2O4P. The van der Waals surface area contributed by atoms with Crippen molar-refractivity contribution >= 4 is 127 Å². The Labute approximate surface area is 222 Å². The average Bonchev–Trinajstić information content (AvgIpc) is 2.70. The molecule has 0 spiro atoms. The average molecular weight is 837 g/mol. The number of rotatable bonds is 17. The molecule has 0 fully saturated rings. The van der Waals surface area contributed by atoms with Gasteiger partial charge >= 0.3 is 7.82 Å². The zero-order chi connectivity index (χ0) is 21.0. The molecule has 0 heterocycles. The van der Waals surface area contributed by atoms with E-state index < -0.39 is 7.82 Å². The van der Waals surface area contributed by atoms with Crippen LogP contribution in [-0.4, -0.2) is 63.1 Å². The minimum absolute atomic E-state index is 0.0272. The molecular weight excluding hydrogens is 813 g/mol. The second kappa shape index (κ2) is 16.2. The molecule has 0 aromatic heterocycles. The lowest BCUT2D eigenvalue weighted by Gasteiger charge is -2.32. The first-order valence-electron chi connectivity index (χ1n) is 7.83. The Morgan fingerprint density at radius 1 is 0.778 bits per heavy atom. The van der Waals surface area contributed by atoms with E-state index in [4.69, 9.17) is 36.8 Å². The number of phosphoric ester groups is 1. The Morgan fingerprint density at radius 2 is 1.15 bits per heavy atom. The first-order valence-corrected chi connectivity index (χ1v) is 17.0. The molecule has 0 rings (SSSR count). The number of hydrogen-bond donors (Lipinski definition) is 0. The van der Waals surface area contributed by atoms with E-state index in [1.807, 2.05) is 0 Å². The predicted molar refractivity (Wildman–Crippen MR) is 138 cm³/mol. The van der Waals surface area contributed by atoms with E-state index in [2.05, 4.69) is 95.6 Å². The van der Waals surface area contributed by atoms with E-state index in [9.17, 15) is 4.57 Å². The van der Waals surface area contributed by atoms with Crippen LogP contribution in [0.1, 0.15) is 6.42 Å². The van der Waals surface area contributed by atoms with Gasteiger partial charge in [-0.3, -0.25) is 13.6 Å². The zero-order valence-corrected chi connectivity index (χ0v) is 26.4. The van der Waals surface area contributed by atoms with Crippen LogP contribution in [0.4, 0.5) is 0 Å². The summed E-state index contributed by atoms with van der Waals surface area (Å²) in [5, 5.41) is 3.52. The number of alkyl halides is 8. The maximum Gasteiger partial charge on any atom is 0.474 e. The minimum Gasteiger partial charge on any atom is -0.286 e. The fraction of sp³-hybridized carbons (Fsp3) is 1.00. The van der Waals surface area contributed by atoms with Crippen LogP contribution in [0.15, 0.2) is 0 Å². The lowest BCUT2D eigenvalue weighted by molar-refractivity contribution is 0.0722. The standard InChI is InChI=1S/C14H23Br6Cl2O4P/c15-4-13(5-16,6-17)10-25-27(23,24-3-12(22)1-2-21)26-11-14(7-18,8-19)9-20/h12H,1-11H2. The van der Waals surface area contributed by atoms with Crippen molar-refractivity contribution in [2.45, 2.75) is 11.8 Å². The Hall–Kier alpha value is 3.57. The summed E-state index contributed by atoms with van der Waals surface area (Å²) in [6, 6.07) is 0. The summed E-state index contributed by atoms with van der Waals surface area (Å²) in [5.41, 5.74) is -0.591. The first-order chi connectivity index (χ1) is 12.7. The van der Waals surface area contributed by atoms with Gasteiger partial charge in [0.05, 0.1) is 25.2 Å². The summed E-state index contributed by atoms with van der Waals surface area (Å²) in [7, 11) is -3.82. The third-order valence-corrected chi connectivity index (χ3v) is 12.6. The summed E-state index contributed by atoms with van der Waals surface area (Å²) >= 11 is 32.7. The smallest absolute Gasteiger partial charge is 0.286 e. The van der Waals surface area contributed by atoms with Gasteiger partial charge < -0.3 is 0 Å². The molecule has 13 heteroatoms. The lowest BCUT2D eigenvalue weighted by atomic mass is 9.98. The summed E-state index contributed by atoms with van der Waals surface area (Å²) in [5.74, 6) is 0.392. The Bertz CT molecular complexity index is 399. The maximum absolute atomic E-state index is 13.3. The van der Waals surface area contributed by atoms with Crippen molar-refractivity contribution in [1.29, 1.82) is 0 Å².